The average molecular weight is 349 g/mol. The Morgan fingerprint density at radius 2 is 1.76 bits per heavy atom. The number of nitrogens with two attached hydrogens (primary N) is 1. The molecule has 0 heterocycles. The van der Waals surface area contributed by atoms with Crippen LogP contribution in [0.2, 0.25) is 15.1 Å². The molecule has 6 heteroatoms. The Morgan fingerprint density at radius 3 is 2.38 bits per heavy atom. The molecule has 112 valence electrons. The van der Waals surface area contributed by atoms with Crippen molar-refractivity contribution in [3.8, 4) is 0 Å². The summed E-state index contributed by atoms with van der Waals surface area (Å²) < 4.78 is 14.1. The van der Waals surface area contributed by atoms with Crippen LogP contribution in [0.15, 0.2) is 36.4 Å². The summed E-state index contributed by atoms with van der Waals surface area (Å²) in [6.45, 7) is 0.0391. The molecule has 0 aliphatic carbocycles. The van der Waals surface area contributed by atoms with Crippen molar-refractivity contribution in [2.45, 2.75) is 12.0 Å². The zero-order valence-corrected chi connectivity index (χ0v) is 13.1. The Morgan fingerprint density at radius 1 is 1.05 bits per heavy atom. The average Bonchev–Trinajstić information content (AvgIpc) is 2.44. The Balaban J connectivity index is 2.43. The van der Waals surface area contributed by atoms with Crippen LogP contribution < -0.4 is 5.73 Å². The molecule has 21 heavy (non-hydrogen) atoms. The van der Waals surface area contributed by atoms with Crippen LogP contribution in [0.4, 0.5) is 4.39 Å². The second-order valence-electron chi connectivity index (χ2n) is 4.60. The SMILES string of the molecule is NCC(c1cccc(Cl)c1F)C(O)c1ccc(Cl)cc1Cl. The molecule has 2 nitrogen and oxygen atoms in total. The minimum atomic E-state index is -1.06. The highest BCUT2D eigenvalue weighted by molar-refractivity contribution is 6.35. The number of aliphatic hydroxyl groups is 1. The van der Waals surface area contributed by atoms with Gasteiger partial charge in [0.25, 0.3) is 0 Å². The minimum Gasteiger partial charge on any atom is -0.388 e. The molecule has 0 aliphatic heterocycles. The third kappa shape index (κ3) is 3.50. The third-order valence-corrected chi connectivity index (χ3v) is 4.15. The summed E-state index contributed by atoms with van der Waals surface area (Å²) in [6.07, 6.45) is -1.06. The summed E-state index contributed by atoms with van der Waals surface area (Å²) >= 11 is 17.7. The molecule has 0 saturated carbocycles. The summed E-state index contributed by atoms with van der Waals surface area (Å²) in [6, 6.07) is 9.32. The van der Waals surface area contributed by atoms with Gasteiger partial charge < -0.3 is 10.8 Å². The minimum absolute atomic E-state index is 0.0136. The molecule has 0 aromatic heterocycles. The van der Waals surface area contributed by atoms with Crippen molar-refractivity contribution < 1.29 is 9.50 Å². The predicted molar refractivity (Wildman–Crippen MR) is 84.6 cm³/mol. The van der Waals surface area contributed by atoms with E-state index in [9.17, 15) is 9.50 Å². The standard InChI is InChI=1S/C15H13Cl3FNO/c16-8-4-5-10(13(18)6-8)15(21)11(7-20)9-2-1-3-12(17)14(9)19/h1-6,11,15,21H,7,20H2. The van der Waals surface area contributed by atoms with Gasteiger partial charge in [-0.15, -0.1) is 0 Å². The van der Waals surface area contributed by atoms with E-state index in [-0.39, 0.29) is 17.1 Å². The van der Waals surface area contributed by atoms with E-state index in [0.717, 1.165) is 0 Å². The predicted octanol–water partition coefficient (Wildman–Crippen LogP) is 4.56. The molecule has 0 fully saturated rings. The smallest absolute Gasteiger partial charge is 0.145 e. The van der Waals surface area contributed by atoms with Gasteiger partial charge >= 0.3 is 0 Å². The number of aliphatic hydroxyl groups excluding tert-OH is 1. The van der Waals surface area contributed by atoms with Gasteiger partial charge in [-0.1, -0.05) is 53.0 Å². The molecule has 0 spiro atoms. The van der Waals surface area contributed by atoms with Crippen molar-refractivity contribution in [1.29, 1.82) is 0 Å². The molecule has 0 bridgehead atoms. The van der Waals surface area contributed by atoms with Gasteiger partial charge in [-0.25, -0.2) is 4.39 Å². The zero-order valence-electron chi connectivity index (χ0n) is 10.9. The van der Waals surface area contributed by atoms with Crippen LogP contribution in [0.3, 0.4) is 0 Å². The van der Waals surface area contributed by atoms with Crippen LogP contribution in [0, 0.1) is 5.82 Å². The molecule has 2 aromatic rings. The molecule has 2 rings (SSSR count). The van der Waals surface area contributed by atoms with Crippen LogP contribution in [0.5, 0.6) is 0 Å². The van der Waals surface area contributed by atoms with Crippen molar-refractivity contribution in [1.82, 2.24) is 0 Å². The second-order valence-corrected chi connectivity index (χ2v) is 5.85. The first-order chi connectivity index (χ1) is 9.95. The van der Waals surface area contributed by atoms with Gasteiger partial charge in [0.2, 0.25) is 0 Å². The van der Waals surface area contributed by atoms with E-state index in [1.54, 1.807) is 24.3 Å². The molecular weight excluding hydrogens is 336 g/mol. The summed E-state index contributed by atoms with van der Waals surface area (Å²) in [5, 5.41) is 11.2. The van der Waals surface area contributed by atoms with Crippen molar-refractivity contribution in [2.24, 2.45) is 5.73 Å². The van der Waals surface area contributed by atoms with E-state index < -0.39 is 17.8 Å². The van der Waals surface area contributed by atoms with Gasteiger partial charge in [0, 0.05) is 22.5 Å². The van der Waals surface area contributed by atoms with Gasteiger partial charge in [0.05, 0.1) is 11.1 Å². The monoisotopic (exact) mass is 347 g/mol. The largest absolute Gasteiger partial charge is 0.388 e. The molecule has 2 aromatic carbocycles. The molecule has 0 radical (unpaired) electrons. The molecule has 0 amide bonds. The van der Waals surface area contributed by atoms with Crippen LogP contribution in [-0.2, 0) is 0 Å². The fourth-order valence-electron chi connectivity index (χ4n) is 2.19. The lowest BCUT2D eigenvalue weighted by molar-refractivity contribution is 0.146. The molecule has 3 N–H and O–H groups in total. The Kier molecular flexibility index (Phi) is 5.47. The van der Waals surface area contributed by atoms with E-state index >= 15 is 0 Å². The third-order valence-electron chi connectivity index (χ3n) is 3.30. The highest BCUT2D eigenvalue weighted by Gasteiger charge is 2.26. The lowest BCUT2D eigenvalue weighted by Gasteiger charge is -2.24. The van der Waals surface area contributed by atoms with E-state index in [2.05, 4.69) is 0 Å². The fraction of sp³-hybridized carbons (Fsp3) is 0.200. The molecule has 2 unspecified atom stereocenters. The normalized spacial score (nSPS) is 14.0. The molecule has 0 saturated heterocycles. The maximum atomic E-state index is 14.1. The van der Waals surface area contributed by atoms with Crippen LogP contribution in [0.1, 0.15) is 23.1 Å². The van der Waals surface area contributed by atoms with E-state index in [4.69, 9.17) is 40.5 Å². The first-order valence-corrected chi connectivity index (χ1v) is 7.36. The summed E-state index contributed by atoms with van der Waals surface area (Å²) in [5.41, 5.74) is 6.40. The molecule has 2 atom stereocenters. The van der Waals surface area contributed by atoms with E-state index in [0.29, 0.717) is 15.6 Å². The van der Waals surface area contributed by atoms with Crippen molar-refractivity contribution in [2.75, 3.05) is 6.54 Å². The van der Waals surface area contributed by atoms with Gasteiger partial charge in [-0.3, -0.25) is 0 Å². The second kappa shape index (κ2) is 6.95. The lowest BCUT2D eigenvalue weighted by Crippen LogP contribution is -2.21. The van der Waals surface area contributed by atoms with E-state index in [1.165, 1.54) is 12.1 Å². The number of hydrogen-bond acceptors (Lipinski definition) is 2. The highest BCUT2D eigenvalue weighted by atomic mass is 35.5. The number of rotatable bonds is 4. The van der Waals surface area contributed by atoms with Gasteiger partial charge in [0.1, 0.15) is 5.82 Å². The Labute approximate surface area is 137 Å². The van der Waals surface area contributed by atoms with Crippen molar-refractivity contribution >= 4 is 34.8 Å². The summed E-state index contributed by atoms with van der Waals surface area (Å²) in [5.74, 6) is -1.25. The summed E-state index contributed by atoms with van der Waals surface area (Å²) in [4.78, 5) is 0. The van der Waals surface area contributed by atoms with Crippen molar-refractivity contribution in [3.63, 3.8) is 0 Å². The Hall–Kier alpha value is -0.840. The van der Waals surface area contributed by atoms with Gasteiger partial charge in [0.15, 0.2) is 0 Å². The van der Waals surface area contributed by atoms with Crippen molar-refractivity contribution in [3.05, 3.63) is 68.4 Å². The fourth-order valence-corrected chi connectivity index (χ4v) is 2.89. The summed E-state index contributed by atoms with van der Waals surface area (Å²) in [7, 11) is 0. The Bertz CT molecular complexity index is 651. The van der Waals surface area contributed by atoms with Crippen LogP contribution >= 0.6 is 34.8 Å². The number of hydrogen-bond donors (Lipinski definition) is 2. The van der Waals surface area contributed by atoms with Gasteiger partial charge in [-0.2, -0.15) is 0 Å². The quantitative estimate of drug-likeness (QED) is 0.850. The lowest BCUT2D eigenvalue weighted by atomic mass is 9.89. The highest BCUT2D eigenvalue weighted by Crippen LogP contribution is 2.37. The zero-order chi connectivity index (χ0) is 15.6. The van der Waals surface area contributed by atoms with Crippen LogP contribution in [0.25, 0.3) is 0 Å². The van der Waals surface area contributed by atoms with Crippen LogP contribution in [-0.4, -0.2) is 11.7 Å². The maximum Gasteiger partial charge on any atom is 0.145 e. The number of halogens is 4. The number of benzene rings is 2. The topological polar surface area (TPSA) is 46.2 Å². The first kappa shape index (κ1) is 16.5. The van der Waals surface area contributed by atoms with E-state index in [1.807, 2.05) is 0 Å². The first-order valence-electron chi connectivity index (χ1n) is 6.22. The maximum absolute atomic E-state index is 14.1. The molecular formula is C15H13Cl3FNO. The molecule has 0 aliphatic rings. The van der Waals surface area contributed by atoms with Gasteiger partial charge in [-0.05, 0) is 29.3 Å².